The third-order valence-corrected chi connectivity index (χ3v) is 4.44. The van der Waals surface area contributed by atoms with Crippen LogP contribution in [0.2, 0.25) is 5.02 Å². The third kappa shape index (κ3) is 2.23. The van der Waals surface area contributed by atoms with Gasteiger partial charge in [-0.2, -0.15) is 5.10 Å². The Kier molecular flexibility index (Phi) is 3.73. The lowest BCUT2D eigenvalue weighted by Crippen LogP contribution is -2.13. The zero-order valence-electron chi connectivity index (χ0n) is 8.92. The summed E-state index contributed by atoms with van der Waals surface area (Å²) in [6, 6.07) is 0. The highest BCUT2D eigenvalue weighted by Gasteiger charge is 2.30. The van der Waals surface area contributed by atoms with Crippen molar-refractivity contribution in [1.29, 1.82) is 0 Å². The average molecular weight is 292 g/mol. The lowest BCUT2D eigenvalue weighted by molar-refractivity contribution is 0.542. The van der Waals surface area contributed by atoms with Crippen molar-refractivity contribution in [3.05, 3.63) is 16.9 Å². The van der Waals surface area contributed by atoms with E-state index >= 15 is 0 Å². The minimum absolute atomic E-state index is 0.548. The molecule has 0 spiro atoms. The Bertz CT molecular complexity index is 337. The van der Waals surface area contributed by atoms with E-state index in [-0.39, 0.29) is 0 Å². The minimum Gasteiger partial charge on any atom is -0.268 e. The predicted octanol–water partition coefficient (Wildman–Crippen LogP) is 3.98. The summed E-state index contributed by atoms with van der Waals surface area (Å²) in [5, 5.41) is 5.18. The lowest BCUT2D eigenvalue weighted by atomic mass is 10.0. The molecule has 4 heteroatoms. The Morgan fingerprint density at radius 1 is 1.60 bits per heavy atom. The van der Waals surface area contributed by atoms with Crippen molar-refractivity contribution >= 4 is 27.5 Å². The van der Waals surface area contributed by atoms with Crippen LogP contribution in [-0.4, -0.2) is 14.6 Å². The second-order valence-electron chi connectivity index (χ2n) is 4.15. The van der Waals surface area contributed by atoms with Gasteiger partial charge in [0.1, 0.15) is 0 Å². The van der Waals surface area contributed by atoms with Gasteiger partial charge < -0.3 is 0 Å². The lowest BCUT2D eigenvalue weighted by Gasteiger charge is -2.16. The van der Waals surface area contributed by atoms with E-state index in [0.29, 0.717) is 10.7 Å². The highest BCUT2D eigenvalue weighted by molar-refractivity contribution is 9.09. The summed E-state index contributed by atoms with van der Waals surface area (Å²) in [5.74, 6) is 0.548. The van der Waals surface area contributed by atoms with Gasteiger partial charge in [-0.05, 0) is 19.3 Å². The minimum atomic E-state index is 0.548. The quantitative estimate of drug-likeness (QED) is 0.770. The van der Waals surface area contributed by atoms with Gasteiger partial charge in [-0.25, -0.2) is 0 Å². The Hall–Kier alpha value is -0.0200. The van der Waals surface area contributed by atoms with E-state index in [1.807, 2.05) is 0 Å². The fourth-order valence-corrected chi connectivity index (χ4v) is 3.47. The molecule has 1 aromatic heterocycles. The topological polar surface area (TPSA) is 17.8 Å². The number of halogens is 2. The summed E-state index contributed by atoms with van der Waals surface area (Å²) in [5.41, 5.74) is 1.23. The van der Waals surface area contributed by atoms with Gasteiger partial charge in [-0.1, -0.05) is 40.9 Å². The summed E-state index contributed by atoms with van der Waals surface area (Å²) in [4.78, 5) is 0.572. The maximum absolute atomic E-state index is 6.22. The van der Waals surface area contributed by atoms with Gasteiger partial charge >= 0.3 is 0 Å². The molecule has 1 heterocycles. The zero-order chi connectivity index (χ0) is 10.8. The Balaban J connectivity index is 2.28. The van der Waals surface area contributed by atoms with Gasteiger partial charge in [0, 0.05) is 17.3 Å². The molecule has 1 aliphatic carbocycles. The molecule has 1 saturated carbocycles. The highest BCUT2D eigenvalue weighted by Crippen LogP contribution is 2.41. The fourth-order valence-electron chi connectivity index (χ4n) is 2.35. The molecule has 2 rings (SSSR count). The molecule has 1 fully saturated rings. The third-order valence-electron chi connectivity index (χ3n) is 3.05. The molecule has 0 radical (unpaired) electrons. The van der Waals surface area contributed by atoms with Crippen molar-refractivity contribution in [1.82, 2.24) is 9.78 Å². The molecule has 84 valence electrons. The summed E-state index contributed by atoms with van der Waals surface area (Å²) in [7, 11) is 0. The zero-order valence-corrected chi connectivity index (χ0v) is 11.3. The number of aryl methyl sites for hydroxylation is 1. The van der Waals surface area contributed by atoms with E-state index in [0.717, 1.165) is 18.0 Å². The fraction of sp³-hybridized carbons (Fsp3) is 0.727. The second kappa shape index (κ2) is 4.88. The highest BCUT2D eigenvalue weighted by atomic mass is 79.9. The molecule has 0 N–H and O–H groups in total. The first-order valence-electron chi connectivity index (χ1n) is 5.59. The van der Waals surface area contributed by atoms with Gasteiger partial charge in [0.25, 0.3) is 0 Å². The standard InChI is InChI=1S/C11H16BrClN2/c1-2-6-15-11(10(13)7-14-15)8-4-3-5-9(8)12/h7-9H,2-6H2,1H3. The van der Waals surface area contributed by atoms with E-state index < -0.39 is 0 Å². The Morgan fingerprint density at radius 2 is 2.40 bits per heavy atom. The van der Waals surface area contributed by atoms with Crippen molar-refractivity contribution in [2.45, 2.75) is 49.9 Å². The molecule has 0 aliphatic heterocycles. The van der Waals surface area contributed by atoms with E-state index in [1.54, 1.807) is 6.20 Å². The smallest absolute Gasteiger partial charge is 0.0821 e. The van der Waals surface area contributed by atoms with Crippen LogP contribution in [0.1, 0.15) is 44.2 Å². The van der Waals surface area contributed by atoms with Crippen LogP contribution in [0.3, 0.4) is 0 Å². The van der Waals surface area contributed by atoms with Crippen molar-refractivity contribution < 1.29 is 0 Å². The van der Waals surface area contributed by atoms with Crippen LogP contribution in [-0.2, 0) is 6.54 Å². The molecule has 2 unspecified atom stereocenters. The molecule has 0 bridgehead atoms. The van der Waals surface area contributed by atoms with E-state index in [1.165, 1.54) is 25.0 Å². The van der Waals surface area contributed by atoms with E-state index in [2.05, 4.69) is 32.6 Å². The molecule has 0 aromatic carbocycles. The normalized spacial score (nSPS) is 26.1. The SMILES string of the molecule is CCCn1ncc(Cl)c1C1CCCC1Br. The summed E-state index contributed by atoms with van der Waals surface area (Å²) < 4.78 is 2.08. The Labute approximate surface area is 104 Å². The summed E-state index contributed by atoms with van der Waals surface area (Å²) >= 11 is 9.97. The van der Waals surface area contributed by atoms with Crippen LogP contribution >= 0.6 is 27.5 Å². The molecule has 1 aliphatic rings. The molecule has 0 saturated heterocycles. The average Bonchev–Trinajstić information content (AvgIpc) is 2.75. The molecule has 15 heavy (non-hydrogen) atoms. The molecule has 2 nitrogen and oxygen atoms in total. The van der Waals surface area contributed by atoms with Crippen LogP contribution in [0.25, 0.3) is 0 Å². The van der Waals surface area contributed by atoms with Crippen LogP contribution in [0.5, 0.6) is 0 Å². The monoisotopic (exact) mass is 290 g/mol. The molecule has 1 aromatic rings. The van der Waals surface area contributed by atoms with Gasteiger partial charge in [0.15, 0.2) is 0 Å². The van der Waals surface area contributed by atoms with Crippen LogP contribution in [0.4, 0.5) is 0 Å². The van der Waals surface area contributed by atoms with Crippen LogP contribution in [0, 0.1) is 0 Å². The van der Waals surface area contributed by atoms with Crippen LogP contribution < -0.4 is 0 Å². The number of aromatic nitrogens is 2. The van der Waals surface area contributed by atoms with Crippen molar-refractivity contribution in [2.75, 3.05) is 0 Å². The predicted molar refractivity (Wildman–Crippen MR) is 66.8 cm³/mol. The van der Waals surface area contributed by atoms with Gasteiger partial charge in [-0.15, -0.1) is 0 Å². The number of nitrogens with zero attached hydrogens (tertiary/aromatic N) is 2. The summed E-state index contributed by atoms with van der Waals surface area (Å²) in [6.07, 6.45) is 6.65. The maximum Gasteiger partial charge on any atom is 0.0821 e. The van der Waals surface area contributed by atoms with E-state index in [9.17, 15) is 0 Å². The van der Waals surface area contributed by atoms with Crippen molar-refractivity contribution in [3.63, 3.8) is 0 Å². The number of hydrogen-bond acceptors (Lipinski definition) is 1. The maximum atomic E-state index is 6.22. The number of hydrogen-bond donors (Lipinski definition) is 0. The largest absolute Gasteiger partial charge is 0.268 e. The Morgan fingerprint density at radius 3 is 3.00 bits per heavy atom. The van der Waals surface area contributed by atoms with Crippen molar-refractivity contribution in [3.8, 4) is 0 Å². The number of alkyl halides is 1. The van der Waals surface area contributed by atoms with Crippen LogP contribution in [0.15, 0.2) is 6.20 Å². The first kappa shape index (κ1) is 11.5. The molecular formula is C11H16BrClN2. The van der Waals surface area contributed by atoms with Gasteiger partial charge in [0.05, 0.1) is 16.9 Å². The van der Waals surface area contributed by atoms with Gasteiger partial charge in [-0.3, -0.25) is 4.68 Å². The first-order chi connectivity index (χ1) is 7.24. The van der Waals surface area contributed by atoms with Gasteiger partial charge in [0.2, 0.25) is 0 Å². The molecule has 2 atom stereocenters. The number of rotatable bonds is 3. The summed E-state index contributed by atoms with van der Waals surface area (Å²) in [6.45, 7) is 3.14. The second-order valence-corrected chi connectivity index (χ2v) is 5.74. The van der Waals surface area contributed by atoms with E-state index in [4.69, 9.17) is 11.6 Å². The molecule has 0 amide bonds. The molecular weight excluding hydrogens is 275 g/mol. The first-order valence-corrected chi connectivity index (χ1v) is 6.88. The van der Waals surface area contributed by atoms with Crippen molar-refractivity contribution in [2.24, 2.45) is 0 Å².